The number of carbonyl (C=O) groups is 2. The fourth-order valence-electron chi connectivity index (χ4n) is 2.59. The van der Waals surface area contributed by atoms with E-state index < -0.39 is 0 Å². The Balaban J connectivity index is 0.00000182. The second kappa shape index (κ2) is 10.6. The second-order valence-corrected chi connectivity index (χ2v) is 6.90. The van der Waals surface area contributed by atoms with Crippen LogP contribution < -0.4 is 11.1 Å². The number of nitrogens with zero attached hydrogens (tertiary/aromatic N) is 3. The number of nitrogens with two attached hydrogens (primary N) is 1. The Hall–Kier alpha value is -1.71. The third-order valence-electron chi connectivity index (χ3n) is 4.14. The molecule has 10 heteroatoms. The van der Waals surface area contributed by atoms with Gasteiger partial charge < -0.3 is 20.9 Å². The molecular weight excluding hydrogens is 409 g/mol. The van der Waals surface area contributed by atoms with Crippen LogP contribution in [0, 0.1) is 0 Å². The van der Waals surface area contributed by atoms with Crippen molar-refractivity contribution in [3.63, 3.8) is 0 Å². The van der Waals surface area contributed by atoms with Crippen molar-refractivity contribution < 1.29 is 9.59 Å². The molecule has 1 saturated heterocycles. The number of aromatic nitrogens is 1. The zero-order valence-electron chi connectivity index (χ0n) is 14.9. The number of likely N-dealkylation sites (N-methyl/N-ethyl adjacent to an activating group) is 1. The average Bonchev–Trinajstić information content (AvgIpc) is 3.12. The summed E-state index contributed by atoms with van der Waals surface area (Å²) in [7, 11) is 2.05. The summed E-state index contributed by atoms with van der Waals surface area (Å²) in [6.45, 7) is 3.57. The number of piperazine rings is 1. The first-order valence-corrected chi connectivity index (χ1v) is 8.98. The van der Waals surface area contributed by atoms with E-state index in [1.165, 1.54) is 11.3 Å². The van der Waals surface area contributed by atoms with E-state index in [9.17, 15) is 9.59 Å². The summed E-state index contributed by atoms with van der Waals surface area (Å²) in [4.78, 5) is 32.9. The van der Waals surface area contributed by atoms with E-state index in [0.29, 0.717) is 23.5 Å². The first kappa shape index (κ1) is 23.3. The van der Waals surface area contributed by atoms with Crippen LogP contribution >= 0.6 is 36.2 Å². The summed E-state index contributed by atoms with van der Waals surface area (Å²) in [5.41, 5.74) is 7.11. The van der Waals surface area contributed by atoms with Gasteiger partial charge in [0, 0.05) is 49.4 Å². The molecule has 1 aliphatic heterocycles. The number of anilines is 1. The topological polar surface area (TPSA) is 91.6 Å². The van der Waals surface area contributed by atoms with Crippen LogP contribution in [-0.4, -0.2) is 59.8 Å². The Morgan fingerprint density at radius 3 is 2.33 bits per heavy atom. The normalized spacial score (nSPS) is 14.1. The van der Waals surface area contributed by atoms with Crippen molar-refractivity contribution in [2.75, 3.05) is 38.5 Å². The predicted octanol–water partition coefficient (Wildman–Crippen LogP) is 2.09. The molecule has 0 aliphatic carbocycles. The van der Waals surface area contributed by atoms with E-state index >= 15 is 0 Å². The van der Waals surface area contributed by atoms with Crippen LogP contribution in [-0.2, 0) is 6.54 Å². The maximum absolute atomic E-state index is 12.5. The number of hydrogen-bond acceptors (Lipinski definition) is 6. The summed E-state index contributed by atoms with van der Waals surface area (Å²) < 4.78 is 0. The van der Waals surface area contributed by atoms with E-state index in [-0.39, 0.29) is 36.6 Å². The van der Waals surface area contributed by atoms with Crippen molar-refractivity contribution >= 4 is 53.7 Å². The zero-order valence-corrected chi connectivity index (χ0v) is 17.3. The van der Waals surface area contributed by atoms with Gasteiger partial charge in [-0.1, -0.05) is 0 Å². The van der Waals surface area contributed by atoms with Gasteiger partial charge in [0.1, 0.15) is 10.7 Å². The van der Waals surface area contributed by atoms with Crippen molar-refractivity contribution in [3.8, 4) is 0 Å². The first-order chi connectivity index (χ1) is 12.1. The summed E-state index contributed by atoms with van der Waals surface area (Å²) in [5.74, 6) is -0.257. The molecule has 27 heavy (non-hydrogen) atoms. The van der Waals surface area contributed by atoms with Crippen molar-refractivity contribution in [3.05, 3.63) is 45.9 Å². The molecule has 0 saturated carbocycles. The molecule has 0 radical (unpaired) electrons. The van der Waals surface area contributed by atoms with Crippen molar-refractivity contribution in [1.82, 2.24) is 14.8 Å². The Bertz CT molecular complexity index is 761. The molecule has 148 valence electrons. The van der Waals surface area contributed by atoms with Crippen molar-refractivity contribution in [2.24, 2.45) is 5.73 Å². The minimum Gasteiger partial charge on any atom is -0.336 e. The molecule has 0 atom stereocenters. The van der Waals surface area contributed by atoms with Crippen LogP contribution in [0.5, 0.6) is 0 Å². The third kappa shape index (κ3) is 5.88. The second-order valence-electron chi connectivity index (χ2n) is 5.96. The standard InChI is InChI=1S/C17H21N5O2S.2ClH/c1-21-6-8-22(9-7-21)17(24)12-2-4-13(5-3-12)19-16(23)14-11-25-15(10-18)20-14;;/h2-5,11H,6-10,18H2,1H3,(H,19,23);2*1H. The largest absolute Gasteiger partial charge is 0.336 e. The molecule has 7 nitrogen and oxygen atoms in total. The van der Waals surface area contributed by atoms with E-state index in [1.54, 1.807) is 29.6 Å². The minimum absolute atomic E-state index is 0. The molecular formula is C17H23Cl2N5O2S. The molecule has 2 amide bonds. The van der Waals surface area contributed by atoms with Gasteiger partial charge in [-0.25, -0.2) is 4.98 Å². The monoisotopic (exact) mass is 431 g/mol. The fraction of sp³-hybridized carbons (Fsp3) is 0.353. The maximum atomic E-state index is 12.5. The molecule has 0 spiro atoms. The van der Waals surface area contributed by atoms with Crippen molar-refractivity contribution in [2.45, 2.75) is 6.54 Å². The Morgan fingerprint density at radius 2 is 1.78 bits per heavy atom. The number of nitrogens with one attached hydrogen (secondary N) is 1. The van der Waals surface area contributed by atoms with Crippen LogP contribution in [0.25, 0.3) is 0 Å². The molecule has 2 aromatic rings. The Morgan fingerprint density at radius 1 is 1.15 bits per heavy atom. The fourth-order valence-corrected chi connectivity index (χ4v) is 3.25. The Labute approximate surface area is 174 Å². The molecule has 2 heterocycles. The number of halogens is 2. The first-order valence-electron chi connectivity index (χ1n) is 8.10. The van der Waals surface area contributed by atoms with Gasteiger partial charge in [0.05, 0.1) is 0 Å². The highest BCUT2D eigenvalue weighted by Crippen LogP contribution is 2.15. The summed E-state index contributed by atoms with van der Waals surface area (Å²) in [5, 5.41) is 5.18. The summed E-state index contributed by atoms with van der Waals surface area (Å²) in [6.07, 6.45) is 0. The molecule has 1 aromatic heterocycles. The smallest absolute Gasteiger partial charge is 0.275 e. The zero-order chi connectivity index (χ0) is 17.8. The lowest BCUT2D eigenvalue weighted by atomic mass is 10.1. The van der Waals surface area contributed by atoms with Crippen LogP contribution in [0.1, 0.15) is 25.9 Å². The predicted molar refractivity (Wildman–Crippen MR) is 112 cm³/mol. The number of amides is 2. The highest BCUT2D eigenvalue weighted by molar-refractivity contribution is 7.09. The van der Waals surface area contributed by atoms with Gasteiger partial charge in [-0.2, -0.15) is 0 Å². The van der Waals surface area contributed by atoms with Crippen molar-refractivity contribution in [1.29, 1.82) is 0 Å². The van der Waals surface area contributed by atoms with Gasteiger partial charge in [-0.15, -0.1) is 36.2 Å². The summed E-state index contributed by atoms with van der Waals surface area (Å²) in [6, 6.07) is 6.94. The maximum Gasteiger partial charge on any atom is 0.275 e. The number of hydrogen-bond donors (Lipinski definition) is 2. The van der Waals surface area contributed by atoms with Crippen LogP contribution in [0.4, 0.5) is 5.69 Å². The van der Waals surface area contributed by atoms with Crippen LogP contribution in [0.15, 0.2) is 29.6 Å². The molecule has 1 aliphatic rings. The van der Waals surface area contributed by atoms with Crippen LogP contribution in [0.2, 0.25) is 0 Å². The highest BCUT2D eigenvalue weighted by atomic mass is 35.5. The number of benzene rings is 1. The van der Waals surface area contributed by atoms with Gasteiger partial charge in [-0.05, 0) is 31.3 Å². The van der Waals surface area contributed by atoms with Gasteiger partial charge in [0.2, 0.25) is 0 Å². The van der Waals surface area contributed by atoms with E-state index in [1.807, 2.05) is 4.90 Å². The quantitative estimate of drug-likeness (QED) is 0.772. The van der Waals surface area contributed by atoms with Gasteiger partial charge in [0.15, 0.2) is 0 Å². The van der Waals surface area contributed by atoms with E-state index in [4.69, 9.17) is 5.73 Å². The van der Waals surface area contributed by atoms with Crippen LogP contribution in [0.3, 0.4) is 0 Å². The van der Waals surface area contributed by atoms with Gasteiger partial charge in [0.25, 0.3) is 11.8 Å². The average molecular weight is 432 g/mol. The molecule has 0 bridgehead atoms. The minimum atomic E-state index is -0.283. The molecule has 3 N–H and O–H groups in total. The number of rotatable bonds is 4. The lowest BCUT2D eigenvalue weighted by Crippen LogP contribution is -2.47. The lowest BCUT2D eigenvalue weighted by Gasteiger charge is -2.32. The Kier molecular flexibility index (Phi) is 9.14. The number of carbonyl (C=O) groups excluding carboxylic acids is 2. The summed E-state index contributed by atoms with van der Waals surface area (Å²) >= 11 is 1.36. The molecule has 1 aromatic carbocycles. The molecule has 1 fully saturated rings. The lowest BCUT2D eigenvalue weighted by molar-refractivity contribution is 0.0664. The molecule has 3 rings (SSSR count). The third-order valence-corrected chi connectivity index (χ3v) is 5.01. The highest BCUT2D eigenvalue weighted by Gasteiger charge is 2.20. The number of thiazole rings is 1. The van der Waals surface area contributed by atoms with Gasteiger partial charge >= 0.3 is 0 Å². The molecule has 0 unspecified atom stereocenters. The van der Waals surface area contributed by atoms with Gasteiger partial charge in [-0.3, -0.25) is 9.59 Å². The van der Waals surface area contributed by atoms with E-state index in [0.717, 1.165) is 31.2 Å². The SMILES string of the molecule is CN1CCN(C(=O)c2ccc(NC(=O)c3csc(CN)n3)cc2)CC1.Cl.Cl. The van der Waals surface area contributed by atoms with E-state index in [2.05, 4.69) is 22.2 Å².